The van der Waals surface area contributed by atoms with E-state index in [-0.39, 0.29) is 5.91 Å². The molecule has 140 valence electrons. The largest absolute Gasteiger partial charge is 0.460 e. The average Bonchev–Trinajstić information content (AvgIpc) is 3.39. The first kappa shape index (κ1) is 17.9. The summed E-state index contributed by atoms with van der Waals surface area (Å²) in [7, 11) is 0. The molecular weight excluding hydrogens is 364 g/mol. The minimum Gasteiger partial charge on any atom is -0.460 e. The molecule has 0 radical (unpaired) electrons. The van der Waals surface area contributed by atoms with Crippen molar-refractivity contribution in [3.05, 3.63) is 71.3 Å². The lowest BCUT2D eigenvalue weighted by atomic mass is 10.0. The maximum atomic E-state index is 12.3. The zero-order valence-corrected chi connectivity index (χ0v) is 15.6. The van der Waals surface area contributed by atoms with Crippen molar-refractivity contribution < 1.29 is 13.6 Å². The van der Waals surface area contributed by atoms with Crippen LogP contribution in [0.5, 0.6) is 0 Å². The summed E-state index contributed by atoms with van der Waals surface area (Å²) in [4.78, 5) is 14.1. The Bertz CT molecular complexity index is 896. The molecule has 1 aromatic carbocycles. The van der Waals surface area contributed by atoms with Crippen LogP contribution in [0, 0.1) is 0 Å². The number of carbonyl (C=O) groups is 1. The van der Waals surface area contributed by atoms with Gasteiger partial charge in [0.2, 0.25) is 0 Å². The van der Waals surface area contributed by atoms with Gasteiger partial charge >= 0.3 is 0 Å². The number of carbonyl (C=O) groups excluding carboxylic acids is 1. The molecule has 1 amide bonds. The number of benzene rings is 1. The first-order valence-corrected chi connectivity index (χ1v) is 9.48. The van der Waals surface area contributed by atoms with E-state index in [1.165, 1.54) is 6.26 Å². The van der Waals surface area contributed by atoms with Gasteiger partial charge in [0.1, 0.15) is 11.5 Å². The standard InChI is InChI=1S/C21H21ClN2O3/c22-18-5-2-1-4-17(18)19-8-7-16(27-19)14-23-15-9-11-24(12-10-15)21(25)20-6-3-13-26-20/h1-8,13,15,23H,9-12,14H2. The number of piperidine rings is 1. The van der Waals surface area contributed by atoms with Crippen LogP contribution in [-0.2, 0) is 6.54 Å². The molecule has 4 rings (SSSR count). The highest BCUT2D eigenvalue weighted by Crippen LogP contribution is 2.29. The fourth-order valence-corrected chi connectivity index (χ4v) is 3.60. The molecule has 6 heteroatoms. The van der Waals surface area contributed by atoms with Crippen LogP contribution in [0.3, 0.4) is 0 Å². The van der Waals surface area contributed by atoms with Gasteiger partial charge in [0.25, 0.3) is 5.91 Å². The van der Waals surface area contributed by atoms with Crippen molar-refractivity contribution in [2.45, 2.75) is 25.4 Å². The summed E-state index contributed by atoms with van der Waals surface area (Å²) in [6.45, 7) is 2.10. The monoisotopic (exact) mass is 384 g/mol. The smallest absolute Gasteiger partial charge is 0.289 e. The fourth-order valence-electron chi connectivity index (χ4n) is 3.37. The van der Waals surface area contributed by atoms with Crippen molar-refractivity contribution in [2.24, 2.45) is 0 Å². The van der Waals surface area contributed by atoms with Crippen molar-refractivity contribution in [3.8, 4) is 11.3 Å². The Hall–Kier alpha value is -2.50. The lowest BCUT2D eigenvalue weighted by Crippen LogP contribution is -2.44. The van der Waals surface area contributed by atoms with Gasteiger partial charge in [-0.05, 0) is 49.2 Å². The molecule has 0 atom stereocenters. The van der Waals surface area contributed by atoms with Gasteiger partial charge < -0.3 is 19.1 Å². The quantitative estimate of drug-likeness (QED) is 0.699. The molecular formula is C21H21ClN2O3. The van der Waals surface area contributed by atoms with Crippen LogP contribution in [-0.4, -0.2) is 29.9 Å². The molecule has 27 heavy (non-hydrogen) atoms. The number of rotatable bonds is 5. The third-order valence-electron chi connectivity index (χ3n) is 4.88. The molecule has 0 unspecified atom stereocenters. The molecule has 2 aromatic heterocycles. The molecule has 5 nitrogen and oxygen atoms in total. The number of hydrogen-bond acceptors (Lipinski definition) is 4. The minimum atomic E-state index is -0.0335. The lowest BCUT2D eigenvalue weighted by Gasteiger charge is -2.31. The van der Waals surface area contributed by atoms with Crippen LogP contribution < -0.4 is 5.32 Å². The summed E-state index contributed by atoms with van der Waals surface area (Å²) >= 11 is 6.23. The maximum Gasteiger partial charge on any atom is 0.289 e. The summed E-state index contributed by atoms with van der Waals surface area (Å²) in [6, 6.07) is 15.4. The number of halogens is 1. The second-order valence-corrected chi connectivity index (χ2v) is 7.08. The van der Waals surface area contributed by atoms with E-state index in [0.717, 1.165) is 43.0 Å². The van der Waals surface area contributed by atoms with Crippen molar-refractivity contribution in [3.63, 3.8) is 0 Å². The minimum absolute atomic E-state index is 0.0335. The summed E-state index contributed by atoms with van der Waals surface area (Å²) in [5.74, 6) is 2.02. The number of nitrogens with zero attached hydrogens (tertiary/aromatic N) is 1. The lowest BCUT2D eigenvalue weighted by molar-refractivity contribution is 0.0672. The highest BCUT2D eigenvalue weighted by molar-refractivity contribution is 6.33. The second kappa shape index (κ2) is 8.03. The van der Waals surface area contributed by atoms with Gasteiger partial charge in [-0.15, -0.1) is 0 Å². The first-order chi connectivity index (χ1) is 13.2. The van der Waals surface area contributed by atoms with Gasteiger partial charge in [-0.1, -0.05) is 23.7 Å². The van der Waals surface area contributed by atoms with E-state index in [9.17, 15) is 4.79 Å². The Kier molecular flexibility index (Phi) is 5.32. The summed E-state index contributed by atoms with van der Waals surface area (Å²) in [5.41, 5.74) is 0.898. The van der Waals surface area contributed by atoms with Gasteiger partial charge in [-0.25, -0.2) is 0 Å². The van der Waals surface area contributed by atoms with E-state index in [1.54, 1.807) is 12.1 Å². The molecule has 1 aliphatic rings. The number of hydrogen-bond donors (Lipinski definition) is 1. The van der Waals surface area contributed by atoms with Gasteiger partial charge in [-0.2, -0.15) is 0 Å². The van der Waals surface area contributed by atoms with Crippen LogP contribution in [0.2, 0.25) is 5.02 Å². The normalized spacial score (nSPS) is 15.2. The van der Waals surface area contributed by atoms with E-state index in [2.05, 4.69) is 5.32 Å². The Morgan fingerprint density at radius 1 is 1.11 bits per heavy atom. The average molecular weight is 385 g/mol. The Morgan fingerprint density at radius 3 is 2.67 bits per heavy atom. The predicted octanol–water partition coefficient (Wildman–Crippen LogP) is 4.59. The number of furan rings is 2. The van der Waals surface area contributed by atoms with Crippen molar-refractivity contribution in [1.82, 2.24) is 10.2 Å². The molecule has 0 aliphatic carbocycles. The number of likely N-dealkylation sites (tertiary alicyclic amines) is 1. The van der Waals surface area contributed by atoms with Gasteiger partial charge in [0, 0.05) is 24.7 Å². The Balaban J connectivity index is 1.28. The molecule has 0 spiro atoms. The third-order valence-corrected chi connectivity index (χ3v) is 5.21. The summed E-state index contributed by atoms with van der Waals surface area (Å²) in [5, 5.41) is 4.20. The van der Waals surface area contributed by atoms with Crippen molar-refractivity contribution >= 4 is 17.5 Å². The predicted molar refractivity (Wildman–Crippen MR) is 104 cm³/mol. The summed E-state index contributed by atoms with van der Waals surface area (Å²) < 4.78 is 11.1. The zero-order valence-electron chi connectivity index (χ0n) is 14.9. The van der Waals surface area contributed by atoms with Crippen molar-refractivity contribution in [1.29, 1.82) is 0 Å². The van der Waals surface area contributed by atoms with Crippen LogP contribution in [0.1, 0.15) is 29.2 Å². The van der Waals surface area contributed by atoms with E-state index in [0.29, 0.717) is 23.4 Å². The van der Waals surface area contributed by atoms with Crippen LogP contribution in [0.15, 0.2) is 63.6 Å². The van der Waals surface area contributed by atoms with E-state index >= 15 is 0 Å². The molecule has 1 fully saturated rings. The number of nitrogens with one attached hydrogen (secondary N) is 1. The van der Waals surface area contributed by atoms with E-state index < -0.39 is 0 Å². The maximum absolute atomic E-state index is 12.3. The highest BCUT2D eigenvalue weighted by atomic mass is 35.5. The molecule has 1 aliphatic heterocycles. The highest BCUT2D eigenvalue weighted by Gasteiger charge is 2.24. The SMILES string of the molecule is O=C(c1ccco1)N1CCC(NCc2ccc(-c3ccccc3Cl)o2)CC1. The summed E-state index contributed by atoms with van der Waals surface area (Å²) in [6.07, 6.45) is 3.34. The van der Waals surface area contributed by atoms with E-state index in [4.69, 9.17) is 20.4 Å². The molecule has 1 saturated heterocycles. The van der Waals surface area contributed by atoms with Crippen LogP contribution in [0.25, 0.3) is 11.3 Å². The van der Waals surface area contributed by atoms with Gasteiger partial charge in [-0.3, -0.25) is 4.79 Å². The molecule has 3 aromatic rings. The van der Waals surface area contributed by atoms with E-state index in [1.807, 2.05) is 41.3 Å². The first-order valence-electron chi connectivity index (χ1n) is 9.10. The topological polar surface area (TPSA) is 58.6 Å². The fraction of sp³-hybridized carbons (Fsp3) is 0.286. The second-order valence-electron chi connectivity index (χ2n) is 6.67. The molecule has 0 saturated carbocycles. The van der Waals surface area contributed by atoms with Crippen LogP contribution >= 0.6 is 11.6 Å². The Labute approximate surface area is 162 Å². The van der Waals surface area contributed by atoms with Crippen LogP contribution in [0.4, 0.5) is 0 Å². The number of amides is 1. The zero-order chi connectivity index (χ0) is 18.6. The Morgan fingerprint density at radius 2 is 1.93 bits per heavy atom. The van der Waals surface area contributed by atoms with Crippen molar-refractivity contribution in [2.75, 3.05) is 13.1 Å². The van der Waals surface area contributed by atoms with Gasteiger partial charge in [0.05, 0.1) is 17.8 Å². The molecule has 1 N–H and O–H groups in total. The molecule has 0 bridgehead atoms. The van der Waals surface area contributed by atoms with Gasteiger partial charge in [0.15, 0.2) is 5.76 Å². The molecule has 3 heterocycles. The third kappa shape index (κ3) is 4.10.